The predicted molar refractivity (Wildman–Crippen MR) is 114 cm³/mol. The summed E-state index contributed by atoms with van der Waals surface area (Å²) in [5.41, 5.74) is -1.64. The molecule has 0 bridgehead atoms. The van der Waals surface area contributed by atoms with E-state index < -0.39 is 29.1 Å². The van der Waals surface area contributed by atoms with Crippen molar-refractivity contribution in [2.75, 3.05) is 32.8 Å². The van der Waals surface area contributed by atoms with Crippen molar-refractivity contribution >= 4 is 17.7 Å². The van der Waals surface area contributed by atoms with Gasteiger partial charge in [0.1, 0.15) is 6.04 Å². The number of piperidine rings is 1. The molecule has 2 saturated heterocycles. The van der Waals surface area contributed by atoms with Crippen LogP contribution < -0.4 is 10.6 Å². The number of nitrogens with zero attached hydrogens (tertiary/aromatic N) is 1. The summed E-state index contributed by atoms with van der Waals surface area (Å²) < 4.78 is 44.6. The van der Waals surface area contributed by atoms with Crippen molar-refractivity contribution in [3.8, 4) is 0 Å². The van der Waals surface area contributed by atoms with Crippen LogP contribution in [-0.2, 0) is 20.5 Å². The van der Waals surface area contributed by atoms with E-state index in [1.807, 2.05) is 0 Å². The molecule has 33 heavy (non-hydrogen) atoms. The number of hydrogen-bond acceptors (Lipinski definition) is 4. The lowest BCUT2D eigenvalue weighted by Crippen LogP contribution is -2.54. The summed E-state index contributed by atoms with van der Waals surface area (Å²) in [7, 11) is 0. The summed E-state index contributed by atoms with van der Waals surface area (Å²) in [5.74, 6) is -1.00. The van der Waals surface area contributed by atoms with Gasteiger partial charge in [-0.05, 0) is 50.8 Å². The Balaban J connectivity index is 1.71. The van der Waals surface area contributed by atoms with Gasteiger partial charge >= 0.3 is 6.18 Å². The number of nitrogens with one attached hydrogen (secondary N) is 2. The highest BCUT2D eigenvalue weighted by molar-refractivity contribution is 5.95. The first kappa shape index (κ1) is 25.0. The van der Waals surface area contributed by atoms with Gasteiger partial charge in [-0.25, -0.2) is 0 Å². The third-order valence-corrected chi connectivity index (χ3v) is 6.41. The van der Waals surface area contributed by atoms with Crippen molar-refractivity contribution < 1.29 is 32.3 Å². The van der Waals surface area contributed by atoms with E-state index in [4.69, 9.17) is 4.74 Å². The second kappa shape index (κ2) is 10.5. The average molecular weight is 470 g/mol. The molecule has 0 saturated carbocycles. The van der Waals surface area contributed by atoms with Gasteiger partial charge in [0.15, 0.2) is 0 Å². The largest absolute Gasteiger partial charge is 0.416 e. The molecule has 0 aromatic heterocycles. The number of carbonyl (C=O) groups excluding carboxylic acids is 3. The van der Waals surface area contributed by atoms with Crippen LogP contribution >= 0.6 is 0 Å². The molecule has 182 valence electrons. The number of amides is 3. The van der Waals surface area contributed by atoms with Gasteiger partial charge in [-0.2, -0.15) is 13.2 Å². The highest BCUT2D eigenvalue weighted by Gasteiger charge is 2.43. The monoisotopic (exact) mass is 469 g/mol. The van der Waals surface area contributed by atoms with Gasteiger partial charge in [-0.3, -0.25) is 14.4 Å². The first-order valence-corrected chi connectivity index (χ1v) is 11.3. The van der Waals surface area contributed by atoms with Crippen molar-refractivity contribution in [2.24, 2.45) is 5.41 Å². The molecule has 2 N–H and O–H groups in total. The number of rotatable bonds is 1. The average Bonchev–Trinajstić information content (AvgIpc) is 2.80. The Morgan fingerprint density at radius 3 is 2.55 bits per heavy atom. The lowest BCUT2D eigenvalue weighted by atomic mass is 9.73. The van der Waals surface area contributed by atoms with Crippen molar-refractivity contribution in [3.63, 3.8) is 0 Å². The van der Waals surface area contributed by atoms with E-state index in [1.54, 1.807) is 6.92 Å². The standard InChI is InChI=1S/C23H30F3N3O4/c1-16-19(30)27-10-14-33-13-3-2-7-22(21(32)28-16)8-11-29(12-9-22)20(31)17-5-4-6-18(15-17)23(24,25)26/h4-6,15-16H,2-3,7-14H2,1H3,(H,27,30)(H,28,32)/t16-/m0/s1. The molecule has 0 unspecified atom stereocenters. The van der Waals surface area contributed by atoms with Gasteiger partial charge in [-0.1, -0.05) is 12.5 Å². The van der Waals surface area contributed by atoms with E-state index in [9.17, 15) is 27.6 Å². The van der Waals surface area contributed by atoms with Crippen LogP contribution in [0.1, 0.15) is 54.9 Å². The SMILES string of the molecule is C[C@@H]1NC(=O)C2(CCCCOCCNC1=O)CCN(C(=O)c1cccc(C(F)(F)F)c1)CC2. The number of ether oxygens (including phenoxy) is 1. The zero-order valence-corrected chi connectivity index (χ0v) is 18.7. The molecular weight excluding hydrogens is 439 g/mol. The molecule has 0 radical (unpaired) electrons. The van der Waals surface area contributed by atoms with Gasteiger partial charge in [0.05, 0.1) is 17.6 Å². The number of hydrogen-bond donors (Lipinski definition) is 2. The van der Waals surface area contributed by atoms with E-state index in [-0.39, 0.29) is 30.5 Å². The minimum atomic E-state index is -4.53. The normalized spacial score (nSPS) is 23.0. The quantitative estimate of drug-likeness (QED) is 0.662. The van der Waals surface area contributed by atoms with E-state index in [1.165, 1.54) is 17.0 Å². The first-order chi connectivity index (χ1) is 15.6. The van der Waals surface area contributed by atoms with Crippen molar-refractivity contribution in [1.82, 2.24) is 15.5 Å². The molecule has 3 rings (SSSR count). The second-order valence-corrected chi connectivity index (χ2v) is 8.71. The zero-order chi connectivity index (χ0) is 24.1. The van der Waals surface area contributed by atoms with Crippen LogP contribution in [0.2, 0.25) is 0 Å². The first-order valence-electron chi connectivity index (χ1n) is 11.3. The summed E-state index contributed by atoms with van der Waals surface area (Å²) >= 11 is 0. The maximum Gasteiger partial charge on any atom is 0.416 e. The molecule has 1 atom stereocenters. The zero-order valence-electron chi connectivity index (χ0n) is 18.7. The van der Waals surface area contributed by atoms with E-state index >= 15 is 0 Å². The minimum Gasteiger partial charge on any atom is -0.380 e. The summed E-state index contributed by atoms with van der Waals surface area (Å²) in [6.45, 7) is 3.43. The number of alkyl halides is 3. The molecule has 2 aliphatic heterocycles. The Hall–Kier alpha value is -2.62. The van der Waals surface area contributed by atoms with E-state index in [0.717, 1.165) is 25.0 Å². The lowest BCUT2D eigenvalue weighted by Gasteiger charge is -2.41. The molecule has 1 aromatic rings. The number of likely N-dealkylation sites (tertiary alicyclic amines) is 1. The van der Waals surface area contributed by atoms with Crippen LogP contribution in [0.25, 0.3) is 0 Å². The van der Waals surface area contributed by atoms with Crippen LogP contribution in [0, 0.1) is 5.41 Å². The Labute approximate surface area is 191 Å². The van der Waals surface area contributed by atoms with Gasteiger partial charge in [-0.15, -0.1) is 0 Å². The molecular formula is C23H30F3N3O4. The van der Waals surface area contributed by atoms with Crippen LogP contribution in [0.15, 0.2) is 24.3 Å². The third kappa shape index (κ3) is 6.25. The maximum absolute atomic E-state index is 13.2. The molecule has 2 aliphatic rings. The molecule has 0 aliphatic carbocycles. The molecule has 2 fully saturated rings. The highest BCUT2D eigenvalue weighted by Crippen LogP contribution is 2.38. The van der Waals surface area contributed by atoms with E-state index in [2.05, 4.69) is 10.6 Å². The summed E-state index contributed by atoms with van der Waals surface area (Å²) in [5, 5.41) is 5.53. The number of benzene rings is 1. The van der Waals surface area contributed by atoms with Crippen LogP contribution in [-0.4, -0.2) is 61.5 Å². The Kier molecular flexibility index (Phi) is 7.99. The topological polar surface area (TPSA) is 87.7 Å². The van der Waals surface area contributed by atoms with E-state index in [0.29, 0.717) is 39.0 Å². The third-order valence-electron chi connectivity index (χ3n) is 6.41. The minimum absolute atomic E-state index is 0.0254. The fraction of sp³-hybridized carbons (Fsp3) is 0.609. The molecule has 3 amide bonds. The molecule has 1 spiro atoms. The molecule has 1 aromatic carbocycles. The fourth-order valence-corrected chi connectivity index (χ4v) is 4.32. The summed E-state index contributed by atoms with van der Waals surface area (Å²) in [4.78, 5) is 39.8. The van der Waals surface area contributed by atoms with Gasteiger partial charge < -0.3 is 20.3 Å². The van der Waals surface area contributed by atoms with Gasteiger partial charge in [0.25, 0.3) is 5.91 Å². The van der Waals surface area contributed by atoms with Crippen molar-refractivity contribution in [2.45, 2.75) is 51.2 Å². The predicted octanol–water partition coefficient (Wildman–Crippen LogP) is 2.75. The van der Waals surface area contributed by atoms with Crippen LogP contribution in [0.4, 0.5) is 13.2 Å². The van der Waals surface area contributed by atoms with Crippen molar-refractivity contribution in [3.05, 3.63) is 35.4 Å². The number of halogens is 3. The van der Waals surface area contributed by atoms with Gasteiger partial charge in [0.2, 0.25) is 11.8 Å². The Morgan fingerprint density at radius 1 is 1.12 bits per heavy atom. The smallest absolute Gasteiger partial charge is 0.380 e. The highest BCUT2D eigenvalue weighted by atomic mass is 19.4. The molecule has 2 heterocycles. The van der Waals surface area contributed by atoms with Crippen molar-refractivity contribution in [1.29, 1.82) is 0 Å². The fourth-order valence-electron chi connectivity index (χ4n) is 4.32. The second-order valence-electron chi connectivity index (χ2n) is 8.71. The maximum atomic E-state index is 13.2. The van der Waals surface area contributed by atoms with Crippen LogP contribution in [0.5, 0.6) is 0 Å². The van der Waals surface area contributed by atoms with Gasteiger partial charge in [0, 0.05) is 31.8 Å². The lowest BCUT2D eigenvalue weighted by molar-refractivity contribution is -0.138. The Bertz CT molecular complexity index is 867. The summed E-state index contributed by atoms with van der Waals surface area (Å²) in [6, 6.07) is 3.67. The molecule has 7 nitrogen and oxygen atoms in total. The number of carbonyl (C=O) groups is 3. The molecule has 10 heteroatoms. The summed E-state index contributed by atoms with van der Waals surface area (Å²) in [6.07, 6.45) is -1.67. The Morgan fingerprint density at radius 2 is 1.85 bits per heavy atom. The van der Waals surface area contributed by atoms with Crippen LogP contribution in [0.3, 0.4) is 0 Å².